The highest BCUT2D eigenvalue weighted by Crippen LogP contribution is 2.21. The van der Waals surface area contributed by atoms with Gasteiger partial charge in [-0.1, -0.05) is 0 Å². The first-order chi connectivity index (χ1) is 5.26. The largest absolute Gasteiger partial charge is 0.394 e. The fourth-order valence-electron chi connectivity index (χ4n) is 0.796. The Morgan fingerprint density at radius 1 is 1.55 bits per heavy atom. The molecule has 1 rings (SSSR count). The van der Waals surface area contributed by atoms with E-state index >= 15 is 0 Å². The highest BCUT2D eigenvalue weighted by atomic mass is 16.7. The lowest BCUT2D eigenvalue weighted by Crippen LogP contribution is -2.27. The van der Waals surface area contributed by atoms with Crippen molar-refractivity contribution in [3.63, 3.8) is 0 Å². The molecule has 0 saturated carbocycles. The molecule has 0 radical (unpaired) electrons. The van der Waals surface area contributed by atoms with E-state index in [4.69, 9.17) is 27.4 Å². The highest BCUT2D eigenvalue weighted by molar-refractivity contribution is 5.21. The van der Waals surface area contributed by atoms with Crippen LogP contribution >= 0.6 is 0 Å². The molecule has 11 heavy (non-hydrogen) atoms. The van der Waals surface area contributed by atoms with Crippen molar-refractivity contribution in [1.29, 1.82) is 0 Å². The van der Waals surface area contributed by atoms with E-state index in [1.165, 1.54) is 0 Å². The predicted octanol–water partition coefficient (Wildman–Crippen LogP) is -0.643. The first-order valence-electron chi connectivity index (χ1n) is 3.14. The zero-order valence-corrected chi connectivity index (χ0v) is 5.91. The van der Waals surface area contributed by atoms with Crippen molar-refractivity contribution in [1.82, 2.24) is 0 Å². The maximum Gasteiger partial charge on any atom is 0.300 e. The Morgan fingerprint density at radius 3 is 2.45 bits per heavy atom. The van der Waals surface area contributed by atoms with E-state index in [2.05, 4.69) is 11.8 Å². The molecular weight excluding hydrogens is 144 g/mol. The van der Waals surface area contributed by atoms with Gasteiger partial charge in [0.15, 0.2) is 0 Å². The Morgan fingerprint density at radius 2 is 2.18 bits per heavy atom. The highest BCUT2D eigenvalue weighted by Gasteiger charge is 2.38. The van der Waals surface area contributed by atoms with Crippen molar-refractivity contribution in [3.8, 4) is 24.7 Å². The molecular formula is C8H8O3. The molecule has 1 fully saturated rings. The summed E-state index contributed by atoms with van der Waals surface area (Å²) < 4.78 is 10.0. The Hall–Kier alpha value is -1.00. The lowest BCUT2D eigenvalue weighted by atomic mass is 10.3. The standard InChI is InChI=1S/C8H8O3/c1-3-8(4-2)10-6-7(5-9)11-8/h1-2,7,9H,5-6H2. The van der Waals surface area contributed by atoms with Gasteiger partial charge in [0, 0.05) is 0 Å². The Labute approximate surface area is 65.3 Å². The van der Waals surface area contributed by atoms with Crippen molar-refractivity contribution in [3.05, 3.63) is 0 Å². The van der Waals surface area contributed by atoms with Crippen LogP contribution in [0.5, 0.6) is 0 Å². The van der Waals surface area contributed by atoms with Crippen molar-refractivity contribution in [2.75, 3.05) is 13.2 Å². The second-order valence-corrected chi connectivity index (χ2v) is 2.14. The van der Waals surface area contributed by atoms with E-state index in [-0.39, 0.29) is 13.2 Å². The molecule has 1 N–H and O–H groups in total. The van der Waals surface area contributed by atoms with E-state index in [0.29, 0.717) is 0 Å². The van der Waals surface area contributed by atoms with Gasteiger partial charge in [0.1, 0.15) is 6.10 Å². The number of aliphatic hydroxyl groups excluding tert-OH is 1. The van der Waals surface area contributed by atoms with Crippen LogP contribution in [0.2, 0.25) is 0 Å². The van der Waals surface area contributed by atoms with Crippen molar-refractivity contribution < 1.29 is 14.6 Å². The van der Waals surface area contributed by atoms with E-state index in [1.54, 1.807) is 0 Å². The Balaban J connectivity index is 2.66. The van der Waals surface area contributed by atoms with Gasteiger partial charge in [-0.15, -0.1) is 12.8 Å². The van der Waals surface area contributed by atoms with Crippen LogP contribution in [-0.4, -0.2) is 30.2 Å². The number of terminal acetylenes is 2. The SMILES string of the molecule is C#CC1(C#C)OCC(CO)O1. The molecule has 1 aliphatic heterocycles. The Kier molecular flexibility index (Phi) is 2.16. The third-order valence-corrected chi connectivity index (χ3v) is 1.39. The molecule has 0 bridgehead atoms. The lowest BCUT2D eigenvalue weighted by molar-refractivity contribution is -0.0792. The van der Waals surface area contributed by atoms with Crippen molar-refractivity contribution in [2.24, 2.45) is 0 Å². The van der Waals surface area contributed by atoms with Crippen LogP contribution in [0.15, 0.2) is 0 Å². The summed E-state index contributed by atoms with van der Waals surface area (Å²) in [7, 11) is 0. The molecule has 1 aliphatic rings. The third kappa shape index (κ3) is 1.36. The third-order valence-electron chi connectivity index (χ3n) is 1.39. The minimum Gasteiger partial charge on any atom is -0.394 e. The molecule has 3 heteroatoms. The van der Waals surface area contributed by atoms with Crippen LogP contribution in [-0.2, 0) is 9.47 Å². The van der Waals surface area contributed by atoms with Gasteiger partial charge < -0.3 is 14.6 Å². The summed E-state index contributed by atoms with van der Waals surface area (Å²) in [5.74, 6) is 3.05. The molecule has 0 amide bonds. The van der Waals surface area contributed by atoms with E-state index < -0.39 is 11.9 Å². The number of hydrogen-bond acceptors (Lipinski definition) is 3. The number of aliphatic hydroxyl groups is 1. The van der Waals surface area contributed by atoms with Gasteiger partial charge in [-0.25, -0.2) is 0 Å². The van der Waals surface area contributed by atoms with Crippen LogP contribution in [0.25, 0.3) is 0 Å². The predicted molar refractivity (Wildman–Crippen MR) is 38.3 cm³/mol. The summed E-state index contributed by atoms with van der Waals surface area (Å²) in [6, 6.07) is 0. The molecule has 1 saturated heterocycles. The van der Waals surface area contributed by atoms with Gasteiger partial charge in [0.2, 0.25) is 0 Å². The van der Waals surface area contributed by atoms with Crippen LogP contribution in [0.4, 0.5) is 0 Å². The molecule has 3 nitrogen and oxygen atoms in total. The first-order valence-corrected chi connectivity index (χ1v) is 3.14. The summed E-state index contributed by atoms with van der Waals surface area (Å²) in [6.07, 6.45) is 9.74. The minimum absolute atomic E-state index is 0.134. The molecule has 0 aromatic carbocycles. The number of rotatable bonds is 1. The average molecular weight is 152 g/mol. The fourth-order valence-corrected chi connectivity index (χ4v) is 0.796. The van der Waals surface area contributed by atoms with Crippen LogP contribution < -0.4 is 0 Å². The maximum atomic E-state index is 8.65. The lowest BCUT2D eigenvalue weighted by Gasteiger charge is -2.13. The minimum atomic E-state index is -1.35. The fraction of sp³-hybridized carbons (Fsp3) is 0.500. The van der Waals surface area contributed by atoms with Crippen molar-refractivity contribution >= 4 is 0 Å². The second-order valence-electron chi connectivity index (χ2n) is 2.14. The van der Waals surface area contributed by atoms with Crippen LogP contribution in [0.1, 0.15) is 0 Å². The van der Waals surface area contributed by atoms with Gasteiger partial charge in [-0.2, -0.15) is 0 Å². The van der Waals surface area contributed by atoms with Gasteiger partial charge in [-0.05, 0) is 11.8 Å². The summed E-state index contributed by atoms with van der Waals surface area (Å²) in [6.45, 7) is 0.107. The van der Waals surface area contributed by atoms with E-state index in [0.717, 1.165) is 0 Å². The molecule has 0 aromatic heterocycles. The number of hydrogen-bond donors (Lipinski definition) is 1. The molecule has 0 aliphatic carbocycles. The summed E-state index contributed by atoms with van der Waals surface area (Å²) >= 11 is 0. The average Bonchev–Trinajstić information content (AvgIpc) is 2.49. The smallest absolute Gasteiger partial charge is 0.300 e. The quantitative estimate of drug-likeness (QED) is 0.508. The summed E-state index contributed by atoms with van der Waals surface area (Å²) in [5, 5.41) is 8.65. The zero-order chi connectivity index (χ0) is 8.32. The Bertz CT molecular complexity index is 206. The van der Waals surface area contributed by atoms with Gasteiger partial charge in [0.05, 0.1) is 13.2 Å². The second kappa shape index (κ2) is 2.94. The summed E-state index contributed by atoms with van der Waals surface area (Å²) in [4.78, 5) is 0. The summed E-state index contributed by atoms with van der Waals surface area (Å²) in [5.41, 5.74) is 0. The van der Waals surface area contributed by atoms with Crippen molar-refractivity contribution in [2.45, 2.75) is 11.9 Å². The van der Waals surface area contributed by atoms with E-state index in [1.807, 2.05) is 0 Å². The molecule has 1 atom stereocenters. The molecule has 58 valence electrons. The first kappa shape index (κ1) is 8.10. The molecule has 1 unspecified atom stereocenters. The molecule has 0 aromatic rings. The van der Waals surface area contributed by atoms with Crippen LogP contribution in [0.3, 0.4) is 0 Å². The molecule has 1 heterocycles. The van der Waals surface area contributed by atoms with E-state index in [9.17, 15) is 0 Å². The molecule has 0 spiro atoms. The topological polar surface area (TPSA) is 38.7 Å². The van der Waals surface area contributed by atoms with Gasteiger partial charge in [0.25, 0.3) is 0 Å². The van der Waals surface area contributed by atoms with Gasteiger partial charge in [-0.3, -0.25) is 0 Å². The monoisotopic (exact) mass is 152 g/mol. The number of ether oxygens (including phenoxy) is 2. The van der Waals surface area contributed by atoms with Gasteiger partial charge >= 0.3 is 5.79 Å². The maximum absolute atomic E-state index is 8.65. The normalized spacial score (nSPS) is 27.4. The zero-order valence-electron chi connectivity index (χ0n) is 5.91. The van der Waals surface area contributed by atoms with Crippen LogP contribution in [0, 0.1) is 24.7 Å².